The van der Waals surface area contributed by atoms with Crippen LogP contribution in [0.2, 0.25) is 0 Å². The van der Waals surface area contributed by atoms with Crippen molar-refractivity contribution in [3.8, 4) is 11.5 Å². The molecule has 0 fully saturated rings. The second kappa shape index (κ2) is 10.5. The van der Waals surface area contributed by atoms with E-state index in [4.69, 9.17) is 9.47 Å². The highest BCUT2D eigenvalue weighted by Crippen LogP contribution is 2.24. The van der Waals surface area contributed by atoms with Crippen molar-refractivity contribution in [2.75, 3.05) is 0 Å². The van der Waals surface area contributed by atoms with Crippen LogP contribution in [0.4, 0.5) is 0 Å². The highest BCUT2D eigenvalue weighted by Gasteiger charge is 2.14. The van der Waals surface area contributed by atoms with Crippen molar-refractivity contribution in [3.05, 3.63) is 132 Å². The molecule has 168 valence electrons. The van der Waals surface area contributed by atoms with Gasteiger partial charge in [-0.1, -0.05) is 60.7 Å². The van der Waals surface area contributed by atoms with Gasteiger partial charge in [0.05, 0.1) is 11.1 Å². The molecule has 0 aromatic heterocycles. The summed E-state index contributed by atoms with van der Waals surface area (Å²) in [7, 11) is 0. The number of rotatable bonds is 8. The molecule has 4 aromatic rings. The predicted octanol–water partition coefficient (Wildman–Crippen LogP) is 6.74. The molecule has 4 rings (SSSR count). The molecule has 0 saturated heterocycles. The summed E-state index contributed by atoms with van der Waals surface area (Å²) in [6.45, 7) is 7.49. The minimum atomic E-state index is -0.444. The van der Waals surface area contributed by atoms with E-state index in [9.17, 15) is 9.59 Å². The van der Waals surface area contributed by atoms with Crippen LogP contribution in [0, 0.1) is 0 Å². The standard InChI is InChI=1S/C30H24O4/c1-3-9-21-11-5-7-13-27(21)33-29(31)25-17-15-24-20-26(18-16-23(24)19-25)30(32)34-28-14-8-6-12-22(28)10-4-2/h3-8,11-20H,1-2,9-10H2. The zero-order chi connectivity index (χ0) is 23.9. The van der Waals surface area contributed by atoms with Gasteiger partial charge < -0.3 is 9.47 Å². The summed E-state index contributed by atoms with van der Waals surface area (Å²) in [5.41, 5.74) is 2.64. The lowest BCUT2D eigenvalue weighted by Gasteiger charge is -2.10. The minimum absolute atomic E-state index is 0.426. The van der Waals surface area contributed by atoms with Crippen molar-refractivity contribution >= 4 is 22.7 Å². The molecule has 0 N–H and O–H groups in total. The molecule has 0 aliphatic carbocycles. The van der Waals surface area contributed by atoms with E-state index in [-0.39, 0.29) is 0 Å². The van der Waals surface area contributed by atoms with Gasteiger partial charge in [0, 0.05) is 0 Å². The van der Waals surface area contributed by atoms with Gasteiger partial charge in [-0.15, -0.1) is 13.2 Å². The molecular formula is C30H24O4. The Bertz CT molecular complexity index is 1280. The predicted molar refractivity (Wildman–Crippen MR) is 135 cm³/mol. The number of benzene rings is 4. The molecule has 4 aromatic carbocycles. The number of ether oxygens (including phenoxy) is 2. The Kier molecular flexibility index (Phi) is 6.99. The van der Waals surface area contributed by atoms with Crippen LogP contribution in [0.5, 0.6) is 11.5 Å². The third-order valence-electron chi connectivity index (χ3n) is 5.39. The fourth-order valence-electron chi connectivity index (χ4n) is 3.67. The maximum atomic E-state index is 12.7. The highest BCUT2D eigenvalue weighted by molar-refractivity contribution is 6.00. The largest absolute Gasteiger partial charge is 0.423 e. The van der Waals surface area contributed by atoms with Crippen LogP contribution in [0.3, 0.4) is 0 Å². The monoisotopic (exact) mass is 448 g/mol. The van der Waals surface area contributed by atoms with Crippen molar-refractivity contribution in [2.45, 2.75) is 12.8 Å². The SMILES string of the molecule is C=CCc1ccccc1OC(=O)c1ccc2cc(C(=O)Oc3ccccc3CC=C)ccc2c1. The molecule has 0 aliphatic heterocycles. The minimum Gasteiger partial charge on any atom is -0.423 e. The number of fused-ring (bicyclic) bond motifs is 1. The molecule has 0 amide bonds. The summed E-state index contributed by atoms with van der Waals surface area (Å²) in [5, 5.41) is 1.63. The Labute approximate surface area is 198 Å². The Hall–Kier alpha value is -4.44. The van der Waals surface area contributed by atoms with Crippen LogP contribution in [-0.2, 0) is 12.8 Å². The van der Waals surface area contributed by atoms with Crippen molar-refractivity contribution in [3.63, 3.8) is 0 Å². The van der Waals surface area contributed by atoms with Crippen LogP contribution in [0.25, 0.3) is 10.8 Å². The van der Waals surface area contributed by atoms with Gasteiger partial charge in [0.25, 0.3) is 0 Å². The number of carbonyl (C=O) groups is 2. The first kappa shape index (κ1) is 22.7. The maximum absolute atomic E-state index is 12.7. The Morgan fingerprint density at radius 2 is 1.03 bits per heavy atom. The molecule has 0 unspecified atom stereocenters. The molecule has 0 atom stereocenters. The summed E-state index contributed by atoms with van der Waals surface area (Å²) in [5.74, 6) is 0.145. The van der Waals surface area contributed by atoms with Gasteiger partial charge in [-0.3, -0.25) is 0 Å². The number of allylic oxidation sites excluding steroid dienone is 2. The Morgan fingerprint density at radius 3 is 1.44 bits per heavy atom. The third kappa shape index (κ3) is 5.13. The summed E-state index contributed by atoms with van der Waals surface area (Å²) in [6, 6.07) is 25.3. The van der Waals surface area contributed by atoms with Gasteiger partial charge in [0.15, 0.2) is 0 Å². The fraction of sp³-hybridized carbons (Fsp3) is 0.0667. The molecule has 0 bridgehead atoms. The first-order valence-corrected chi connectivity index (χ1v) is 10.9. The quantitative estimate of drug-likeness (QED) is 0.170. The van der Waals surface area contributed by atoms with E-state index < -0.39 is 11.9 Å². The van der Waals surface area contributed by atoms with E-state index in [0.29, 0.717) is 35.5 Å². The maximum Gasteiger partial charge on any atom is 0.343 e. The van der Waals surface area contributed by atoms with E-state index >= 15 is 0 Å². The van der Waals surface area contributed by atoms with Crippen LogP contribution in [-0.4, -0.2) is 11.9 Å². The topological polar surface area (TPSA) is 52.6 Å². The van der Waals surface area contributed by atoms with E-state index in [1.807, 2.05) is 36.4 Å². The lowest BCUT2D eigenvalue weighted by Crippen LogP contribution is -2.10. The number of carbonyl (C=O) groups excluding carboxylic acids is 2. The first-order valence-electron chi connectivity index (χ1n) is 10.9. The fourth-order valence-corrected chi connectivity index (χ4v) is 3.67. The summed E-state index contributed by atoms with van der Waals surface area (Å²) in [4.78, 5) is 25.5. The number of hydrogen-bond donors (Lipinski definition) is 0. The normalized spacial score (nSPS) is 10.5. The van der Waals surface area contributed by atoms with Crippen molar-refractivity contribution in [1.82, 2.24) is 0 Å². The average Bonchev–Trinajstić information content (AvgIpc) is 2.86. The molecule has 4 nitrogen and oxygen atoms in total. The molecule has 4 heteroatoms. The van der Waals surface area contributed by atoms with Crippen molar-refractivity contribution in [2.24, 2.45) is 0 Å². The lowest BCUT2D eigenvalue weighted by molar-refractivity contribution is 0.0723. The molecule has 34 heavy (non-hydrogen) atoms. The van der Waals surface area contributed by atoms with Crippen LogP contribution >= 0.6 is 0 Å². The summed E-state index contributed by atoms with van der Waals surface area (Å²) < 4.78 is 11.2. The molecule has 0 saturated carbocycles. The zero-order valence-electron chi connectivity index (χ0n) is 18.7. The average molecular weight is 449 g/mol. The Morgan fingerprint density at radius 1 is 0.618 bits per heavy atom. The molecule has 0 spiro atoms. The van der Waals surface area contributed by atoms with E-state index in [1.54, 1.807) is 60.7 Å². The highest BCUT2D eigenvalue weighted by atomic mass is 16.5. The number of para-hydroxylation sites is 2. The summed E-state index contributed by atoms with van der Waals surface area (Å²) in [6.07, 6.45) is 4.75. The van der Waals surface area contributed by atoms with E-state index in [1.165, 1.54) is 0 Å². The van der Waals surface area contributed by atoms with Crippen LogP contribution in [0.1, 0.15) is 31.8 Å². The molecule has 0 heterocycles. The Balaban J connectivity index is 1.53. The molecule has 0 aliphatic rings. The molecule has 0 radical (unpaired) electrons. The van der Waals surface area contributed by atoms with E-state index in [2.05, 4.69) is 13.2 Å². The second-order valence-electron chi connectivity index (χ2n) is 7.76. The van der Waals surface area contributed by atoms with Crippen molar-refractivity contribution < 1.29 is 19.1 Å². The zero-order valence-corrected chi connectivity index (χ0v) is 18.7. The number of esters is 2. The third-order valence-corrected chi connectivity index (χ3v) is 5.39. The van der Waals surface area contributed by atoms with Gasteiger partial charge in [-0.05, 0) is 71.1 Å². The van der Waals surface area contributed by atoms with Crippen LogP contribution < -0.4 is 9.47 Å². The van der Waals surface area contributed by atoms with E-state index in [0.717, 1.165) is 21.9 Å². The first-order chi connectivity index (χ1) is 16.6. The number of hydrogen-bond acceptors (Lipinski definition) is 4. The van der Waals surface area contributed by atoms with Crippen molar-refractivity contribution in [1.29, 1.82) is 0 Å². The van der Waals surface area contributed by atoms with Gasteiger partial charge in [0.2, 0.25) is 0 Å². The van der Waals surface area contributed by atoms with Gasteiger partial charge in [-0.2, -0.15) is 0 Å². The van der Waals surface area contributed by atoms with Gasteiger partial charge in [0.1, 0.15) is 11.5 Å². The summed E-state index contributed by atoms with van der Waals surface area (Å²) >= 11 is 0. The van der Waals surface area contributed by atoms with Gasteiger partial charge in [-0.25, -0.2) is 9.59 Å². The molecular weight excluding hydrogens is 424 g/mol. The lowest BCUT2D eigenvalue weighted by atomic mass is 10.0. The smallest absolute Gasteiger partial charge is 0.343 e. The van der Waals surface area contributed by atoms with Crippen LogP contribution in [0.15, 0.2) is 110 Å². The second-order valence-corrected chi connectivity index (χ2v) is 7.76. The van der Waals surface area contributed by atoms with Gasteiger partial charge >= 0.3 is 11.9 Å².